The molecule has 4 nitrogen and oxygen atoms in total. The van der Waals surface area contributed by atoms with Gasteiger partial charge in [0.25, 0.3) is 0 Å². The van der Waals surface area contributed by atoms with E-state index in [2.05, 4.69) is 35.4 Å². The molecule has 0 radical (unpaired) electrons. The Labute approximate surface area is 170 Å². The zero-order chi connectivity index (χ0) is 20.1. The molecule has 0 unspecified atom stereocenters. The summed E-state index contributed by atoms with van der Waals surface area (Å²) in [5, 5.41) is 4.09. The number of H-pyrrole nitrogens is 1. The highest BCUT2D eigenvalue weighted by Crippen LogP contribution is 2.18. The van der Waals surface area contributed by atoms with Crippen molar-refractivity contribution in [3.8, 4) is 5.75 Å². The zero-order valence-electron chi connectivity index (χ0n) is 16.4. The largest absolute Gasteiger partial charge is 0.489 e. The van der Waals surface area contributed by atoms with Crippen molar-refractivity contribution in [3.63, 3.8) is 0 Å². The summed E-state index contributed by atoms with van der Waals surface area (Å²) in [6.07, 6.45) is 2.27. The van der Waals surface area contributed by atoms with E-state index in [4.69, 9.17) is 4.74 Å². The summed E-state index contributed by atoms with van der Waals surface area (Å²) in [6.45, 7) is 3.12. The third kappa shape index (κ3) is 4.85. The third-order valence-electron chi connectivity index (χ3n) is 4.93. The van der Waals surface area contributed by atoms with E-state index >= 15 is 0 Å². The van der Waals surface area contributed by atoms with Crippen molar-refractivity contribution in [1.29, 1.82) is 0 Å². The van der Waals surface area contributed by atoms with E-state index in [-0.39, 0.29) is 5.91 Å². The van der Waals surface area contributed by atoms with Crippen LogP contribution in [0.15, 0.2) is 79.0 Å². The Bertz CT molecular complexity index is 1110. The number of aromatic amines is 1. The van der Waals surface area contributed by atoms with Gasteiger partial charge in [-0.15, -0.1) is 0 Å². The van der Waals surface area contributed by atoms with Gasteiger partial charge in [-0.3, -0.25) is 4.79 Å². The van der Waals surface area contributed by atoms with E-state index < -0.39 is 0 Å². The number of nitrogens with one attached hydrogen (secondary N) is 2. The molecule has 0 aliphatic rings. The third-order valence-corrected chi connectivity index (χ3v) is 4.93. The normalized spacial score (nSPS) is 10.8. The van der Waals surface area contributed by atoms with Crippen LogP contribution in [-0.4, -0.2) is 10.9 Å². The van der Waals surface area contributed by atoms with Gasteiger partial charge in [-0.2, -0.15) is 0 Å². The molecule has 0 fully saturated rings. The first-order chi connectivity index (χ1) is 14.2. The number of rotatable bonds is 7. The lowest BCUT2D eigenvalue weighted by atomic mass is 10.1. The minimum Gasteiger partial charge on any atom is -0.489 e. The monoisotopic (exact) mass is 384 g/mol. The van der Waals surface area contributed by atoms with Crippen LogP contribution in [0.4, 0.5) is 0 Å². The lowest BCUT2D eigenvalue weighted by molar-refractivity contribution is -0.120. The van der Waals surface area contributed by atoms with Gasteiger partial charge < -0.3 is 15.0 Å². The molecule has 4 aromatic rings. The van der Waals surface area contributed by atoms with Crippen molar-refractivity contribution in [3.05, 3.63) is 101 Å². The fraction of sp³-hybridized carbons (Fsp3) is 0.160. The highest BCUT2D eigenvalue weighted by atomic mass is 16.5. The van der Waals surface area contributed by atoms with E-state index in [9.17, 15) is 4.79 Å². The predicted molar refractivity (Wildman–Crippen MR) is 116 cm³/mol. The number of carbonyl (C=O) groups is 1. The summed E-state index contributed by atoms with van der Waals surface area (Å²) < 4.78 is 5.85. The summed E-state index contributed by atoms with van der Waals surface area (Å²) in [5.74, 6) is 0.829. The minimum absolute atomic E-state index is 0.00882. The smallest absolute Gasteiger partial charge is 0.224 e. The SMILES string of the molecule is Cc1cccc(COc2ccc(CNC(=O)Cc3c[nH]c4ccccc34)cc2)c1. The molecular formula is C25H24N2O2. The summed E-state index contributed by atoms with van der Waals surface area (Å²) in [5.41, 5.74) is 5.48. The van der Waals surface area contributed by atoms with Gasteiger partial charge in [-0.25, -0.2) is 0 Å². The Morgan fingerprint density at radius 1 is 0.966 bits per heavy atom. The van der Waals surface area contributed by atoms with Crippen LogP contribution in [0.1, 0.15) is 22.3 Å². The maximum absolute atomic E-state index is 12.3. The van der Waals surface area contributed by atoms with Gasteiger partial charge in [-0.1, -0.05) is 60.2 Å². The number of carbonyl (C=O) groups excluding carboxylic acids is 1. The summed E-state index contributed by atoms with van der Waals surface area (Å²) >= 11 is 0. The second kappa shape index (κ2) is 8.65. The van der Waals surface area contributed by atoms with Crippen molar-refractivity contribution in [2.75, 3.05) is 0 Å². The molecule has 2 N–H and O–H groups in total. The predicted octanol–water partition coefficient (Wildman–Crippen LogP) is 4.91. The first-order valence-corrected chi connectivity index (χ1v) is 9.76. The number of aryl methyl sites for hydroxylation is 1. The molecule has 146 valence electrons. The minimum atomic E-state index is 0.00882. The first kappa shape index (κ1) is 18.8. The molecule has 0 spiro atoms. The molecule has 0 bridgehead atoms. The fourth-order valence-electron chi connectivity index (χ4n) is 3.39. The molecule has 1 amide bonds. The van der Waals surface area contributed by atoms with Crippen LogP contribution in [-0.2, 0) is 24.4 Å². The molecule has 4 rings (SSSR count). The highest BCUT2D eigenvalue weighted by molar-refractivity contribution is 5.88. The van der Waals surface area contributed by atoms with Crippen LogP contribution < -0.4 is 10.1 Å². The number of benzene rings is 3. The van der Waals surface area contributed by atoms with Crippen molar-refractivity contribution in [2.45, 2.75) is 26.5 Å². The number of hydrogen-bond acceptors (Lipinski definition) is 2. The Balaban J connectivity index is 1.28. The van der Waals surface area contributed by atoms with Crippen LogP contribution in [0.2, 0.25) is 0 Å². The molecule has 1 aromatic heterocycles. The second-order valence-corrected chi connectivity index (χ2v) is 7.23. The second-order valence-electron chi connectivity index (χ2n) is 7.23. The van der Waals surface area contributed by atoms with Gasteiger partial charge in [0.15, 0.2) is 0 Å². The summed E-state index contributed by atoms with van der Waals surface area (Å²) in [4.78, 5) is 15.5. The molecule has 29 heavy (non-hydrogen) atoms. The number of para-hydroxylation sites is 1. The Hall–Kier alpha value is -3.53. The Morgan fingerprint density at radius 3 is 2.62 bits per heavy atom. The van der Waals surface area contributed by atoms with E-state index in [0.717, 1.165) is 33.3 Å². The van der Waals surface area contributed by atoms with E-state index in [1.807, 2.05) is 60.8 Å². The van der Waals surface area contributed by atoms with E-state index in [1.54, 1.807) is 0 Å². The van der Waals surface area contributed by atoms with Crippen molar-refractivity contribution in [2.24, 2.45) is 0 Å². The lowest BCUT2D eigenvalue weighted by Crippen LogP contribution is -2.24. The molecule has 0 saturated carbocycles. The molecule has 0 atom stereocenters. The van der Waals surface area contributed by atoms with Crippen LogP contribution in [0.25, 0.3) is 10.9 Å². The summed E-state index contributed by atoms with van der Waals surface area (Å²) in [6, 6.07) is 24.2. The lowest BCUT2D eigenvalue weighted by Gasteiger charge is -2.09. The number of ether oxygens (including phenoxy) is 1. The Morgan fingerprint density at radius 2 is 1.79 bits per heavy atom. The van der Waals surface area contributed by atoms with Gasteiger partial charge in [-0.05, 0) is 41.8 Å². The average Bonchev–Trinajstić information content (AvgIpc) is 3.14. The van der Waals surface area contributed by atoms with Crippen LogP contribution in [0, 0.1) is 6.92 Å². The van der Waals surface area contributed by atoms with Crippen LogP contribution in [0.5, 0.6) is 5.75 Å². The molecule has 4 heteroatoms. The van der Waals surface area contributed by atoms with E-state index in [1.165, 1.54) is 5.56 Å². The fourth-order valence-corrected chi connectivity index (χ4v) is 3.39. The Kier molecular flexibility index (Phi) is 5.61. The number of amides is 1. The van der Waals surface area contributed by atoms with Gasteiger partial charge in [0.1, 0.15) is 12.4 Å². The van der Waals surface area contributed by atoms with Gasteiger partial charge in [0, 0.05) is 23.6 Å². The highest BCUT2D eigenvalue weighted by Gasteiger charge is 2.08. The average molecular weight is 384 g/mol. The molecule has 0 aliphatic heterocycles. The molecule has 1 heterocycles. The number of fused-ring (bicyclic) bond motifs is 1. The maximum Gasteiger partial charge on any atom is 0.224 e. The van der Waals surface area contributed by atoms with E-state index in [0.29, 0.717) is 19.6 Å². The quantitative estimate of drug-likeness (QED) is 0.475. The zero-order valence-corrected chi connectivity index (χ0v) is 16.4. The van der Waals surface area contributed by atoms with Crippen molar-refractivity contribution in [1.82, 2.24) is 10.3 Å². The summed E-state index contributed by atoms with van der Waals surface area (Å²) in [7, 11) is 0. The maximum atomic E-state index is 12.3. The molecule has 0 aliphatic carbocycles. The molecule has 0 saturated heterocycles. The number of hydrogen-bond donors (Lipinski definition) is 2. The van der Waals surface area contributed by atoms with Gasteiger partial charge >= 0.3 is 0 Å². The topological polar surface area (TPSA) is 54.1 Å². The molecule has 3 aromatic carbocycles. The standard InChI is InChI=1S/C25H24N2O2/c1-18-5-4-6-20(13-18)17-29-22-11-9-19(10-12-22)15-27-25(28)14-21-16-26-24-8-3-2-7-23(21)24/h2-13,16,26H,14-15,17H2,1H3,(H,27,28). The van der Waals surface area contributed by atoms with Crippen molar-refractivity contribution < 1.29 is 9.53 Å². The van der Waals surface area contributed by atoms with Crippen molar-refractivity contribution >= 4 is 16.8 Å². The van der Waals surface area contributed by atoms with Crippen LogP contribution in [0.3, 0.4) is 0 Å². The molecular weight excluding hydrogens is 360 g/mol. The first-order valence-electron chi connectivity index (χ1n) is 9.76. The number of aromatic nitrogens is 1. The van der Waals surface area contributed by atoms with Gasteiger partial charge in [0.05, 0.1) is 6.42 Å². The van der Waals surface area contributed by atoms with Gasteiger partial charge in [0.2, 0.25) is 5.91 Å². The van der Waals surface area contributed by atoms with Crippen LogP contribution >= 0.6 is 0 Å².